The molecule has 14 heteroatoms. The molecule has 3 heterocycles. The molecule has 6 rings (SSSR count). The number of carbonyl (C=O) groups excluding carboxylic acids is 2. The van der Waals surface area contributed by atoms with Crippen LogP contribution in [0.1, 0.15) is 36.4 Å². The van der Waals surface area contributed by atoms with E-state index in [-0.39, 0.29) is 34.8 Å². The second-order valence-corrected chi connectivity index (χ2v) is 9.68. The fourth-order valence-corrected chi connectivity index (χ4v) is 4.75. The van der Waals surface area contributed by atoms with Gasteiger partial charge in [-0.05, 0) is 37.7 Å². The quantitative estimate of drug-likeness (QED) is 0.322. The van der Waals surface area contributed by atoms with E-state index in [0.717, 1.165) is 0 Å². The van der Waals surface area contributed by atoms with E-state index in [9.17, 15) is 27.2 Å². The Bertz CT molecular complexity index is 1610. The largest absolute Gasteiger partial charge is 0.471 e. The predicted octanol–water partition coefficient (Wildman–Crippen LogP) is 4.15. The monoisotopic (exact) mass is 533 g/mol. The molecule has 4 aromatic rings. The first-order chi connectivity index (χ1) is 18.0. The van der Waals surface area contributed by atoms with E-state index in [1.165, 1.54) is 25.5 Å². The standard InChI is InChI=1S/C24H20F5N7O2/c1-9-17(14-7-36-8-15(32-16(36)6-30-14)33-22(37)11-4-13(11)25)12-5-31-35-21(12)18(19(9)26)20(10-2-3-10)34-23(38)24(27,28)29/h5-8,10-11,13,20H,2-4H2,1H3,(H,31,35)(H,33,37)(H,34,38). The zero-order chi connectivity index (χ0) is 26.9. The molecule has 38 heavy (non-hydrogen) atoms. The molecule has 0 saturated heterocycles. The molecule has 0 radical (unpaired) electrons. The Kier molecular flexibility index (Phi) is 5.40. The molecule has 3 N–H and O–H groups in total. The number of amides is 2. The smallest absolute Gasteiger partial charge is 0.341 e. The fourth-order valence-electron chi connectivity index (χ4n) is 4.75. The number of anilines is 1. The van der Waals surface area contributed by atoms with Crippen LogP contribution in [0.5, 0.6) is 0 Å². The third-order valence-corrected chi connectivity index (χ3v) is 6.97. The summed E-state index contributed by atoms with van der Waals surface area (Å²) in [5.74, 6) is -4.21. The Labute approximate surface area is 210 Å². The van der Waals surface area contributed by atoms with Crippen molar-refractivity contribution in [2.24, 2.45) is 11.8 Å². The lowest BCUT2D eigenvalue weighted by Crippen LogP contribution is -2.40. The summed E-state index contributed by atoms with van der Waals surface area (Å²) in [5, 5.41) is 11.6. The molecule has 2 fully saturated rings. The topological polar surface area (TPSA) is 117 Å². The van der Waals surface area contributed by atoms with Crippen molar-refractivity contribution in [2.75, 3.05) is 5.32 Å². The number of alkyl halides is 4. The molecule has 3 atom stereocenters. The van der Waals surface area contributed by atoms with Crippen LogP contribution in [0.15, 0.2) is 24.8 Å². The highest BCUT2D eigenvalue weighted by molar-refractivity contribution is 5.98. The van der Waals surface area contributed by atoms with Crippen LogP contribution in [0.2, 0.25) is 0 Å². The number of aromatic amines is 1. The first kappa shape index (κ1) is 24.2. The number of nitrogens with zero attached hydrogens (tertiary/aromatic N) is 4. The molecular weight excluding hydrogens is 513 g/mol. The van der Waals surface area contributed by atoms with Crippen molar-refractivity contribution in [1.29, 1.82) is 0 Å². The maximum Gasteiger partial charge on any atom is 0.471 e. The number of nitrogens with one attached hydrogen (secondary N) is 3. The summed E-state index contributed by atoms with van der Waals surface area (Å²) in [6.07, 6.45) is 0.903. The van der Waals surface area contributed by atoms with Gasteiger partial charge in [0.2, 0.25) is 5.91 Å². The predicted molar refractivity (Wildman–Crippen MR) is 124 cm³/mol. The molecule has 0 aliphatic heterocycles. The number of hydrogen-bond acceptors (Lipinski definition) is 5. The van der Waals surface area contributed by atoms with E-state index in [4.69, 9.17) is 0 Å². The van der Waals surface area contributed by atoms with Crippen molar-refractivity contribution in [2.45, 2.75) is 44.6 Å². The van der Waals surface area contributed by atoms with Gasteiger partial charge in [-0.25, -0.2) is 13.8 Å². The number of rotatable bonds is 6. The summed E-state index contributed by atoms with van der Waals surface area (Å²) < 4.78 is 69.7. The van der Waals surface area contributed by atoms with Crippen LogP contribution in [0.4, 0.5) is 27.8 Å². The Morgan fingerprint density at radius 3 is 2.61 bits per heavy atom. The summed E-state index contributed by atoms with van der Waals surface area (Å²) in [5.41, 5.74) is 1.23. The van der Waals surface area contributed by atoms with E-state index >= 15 is 4.39 Å². The molecule has 2 saturated carbocycles. The van der Waals surface area contributed by atoms with Gasteiger partial charge in [-0.3, -0.25) is 19.7 Å². The highest BCUT2D eigenvalue weighted by atomic mass is 19.4. The molecular formula is C24H20F5N7O2. The lowest BCUT2D eigenvalue weighted by Gasteiger charge is -2.23. The molecule has 3 aromatic heterocycles. The number of fused-ring (bicyclic) bond motifs is 2. The second kappa shape index (κ2) is 8.46. The lowest BCUT2D eigenvalue weighted by atomic mass is 9.91. The van der Waals surface area contributed by atoms with Crippen LogP contribution in [0.25, 0.3) is 27.8 Å². The fraction of sp³-hybridized carbons (Fsp3) is 0.375. The van der Waals surface area contributed by atoms with Crippen LogP contribution < -0.4 is 10.6 Å². The minimum atomic E-state index is -5.11. The van der Waals surface area contributed by atoms with E-state index in [1.54, 1.807) is 10.6 Å². The van der Waals surface area contributed by atoms with Gasteiger partial charge < -0.3 is 15.0 Å². The van der Waals surface area contributed by atoms with E-state index < -0.39 is 41.9 Å². The van der Waals surface area contributed by atoms with E-state index in [2.05, 4.69) is 25.5 Å². The summed E-state index contributed by atoms with van der Waals surface area (Å²) in [6.45, 7) is 1.48. The number of imidazole rings is 1. The van der Waals surface area contributed by atoms with Crippen molar-refractivity contribution in [1.82, 2.24) is 29.9 Å². The van der Waals surface area contributed by atoms with Crippen molar-refractivity contribution >= 4 is 34.2 Å². The zero-order valence-electron chi connectivity index (χ0n) is 19.7. The average Bonchev–Trinajstić information content (AvgIpc) is 3.74. The molecule has 0 bridgehead atoms. The number of aromatic nitrogens is 5. The first-order valence-corrected chi connectivity index (χ1v) is 11.9. The Hall–Kier alpha value is -4.10. The highest BCUT2D eigenvalue weighted by Gasteiger charge is 2.45. The van der Waals surface area contributed by atoms with Crippen LogP contribution in [0, 0.1) is 24.6 Å². The van der Waals surface area contributed by atoms with Crippen LogP contribution in [0.3, 0.4) is 0 Å². The average molecular weight is 533 g/mol. The van der Waals surface area contributed by atoms with Gasteiger partial charge in [0.05, 0.1) is 41.8 Å². The molecule has 3 unspecified atom stereocenters. The maximum atomic E-state index is 15.9. The van der Waals surface area contributed by atoms with Crippen molar-refractivity contribution in [3.05, 3.63) is 41.7 Å². The third kappa shape index (κ3) is 4.13. The van der Waals surface area contributed by atoms with Gasteiger partial charge in [0.15, 0.2) is 11.5 Å². The highest BCUT2D eigenvalue weighted by Crippen LogP contribution is 2.46. The Morgan fingerprint density at radius 2 is 1.95 bits per heavy atom. The van der Waals surface area contributed by atoms with Crippen LogP contribution in [-0.2, 0) is 9.59 Å². The van der Waals surface area contributed by atoms with Gasteiger partial charge in [0.25, 0.3) is 0 Å². The molecule has 2 aliphatic rings. The maximum absolute atomic E-state index is 15.9. The van der Waals surface area contributed by atoms with Crippen molar-refractivity contribution in [3.8, 4) is 11.3 Å². The number of hydrogen-bond donors (Lipinski definition) is 3. The Morgan fingerprint density at radius 1 is 1.21 bits per heavy atom. The molecule has 0 spiro atoms. The van der Waals surface area contributed by atoms with Crippen molar-refractivity contribution < 1.29 is 31.5 Å². The number of halogens is 5. The molecule has 9 nitrogen and oxygen atoms in total. The molecule has 198 valence electrons. The summed E-state index contributed by atoms with van der Waals surface area (Å²) in [4.78, 5) is 32.4. The number of benzene rings is 1. The number of carbonyl (C=O) groups is 2. The van der Waals surface area contributed by atoms with Gasteiger partial charge in [-0.15, -0.1) is 0 Å². The van der Waals surface area contributed by atoms with E-state index in [0.29, 0.717) is 35.1 Å². The minimum Gasteiger partial charge on any atom is -0.341 e. The third-order valence-electron chi connectivity index (χ3n) is 6.97. The van der Waals surface area contributed by atoms with Gasteiger partial charge in [0.1, 0.15) is 12.0 Å². The van der Waals surface area contributed by atoms with Gasteiger partial charge in [-0.2, -0.15) is 18.3 Å². The Balaban J connectivity index is 1.40. The van der Waals surface area contributed by atoms with Crippen LogP contribution >= 0.6 is 0 Å². The normalized spacial score (nSPS) is 20.1. The minimum absolute atomic E-state index is 0.0844. The molecule has 2 amide bonds. The summed E-state index contributed by atoms with van der Waals surface area (Å²) in [7, 11) is 0. The van der Waals surface area contributed by atoms with E-state index in [1.807, 2.05) is 5.32 Å². The second-order valence-electron chi connectivity index (χ2n) is 9.68. The number of H-pyrrole nitrogens is 1. The molecule has 1 aromatic carbocycles. The van der Waals surface area contributed by atoms with Gasteiger partial charge in [-0.1, -0.05) is 0 Å². The lowest BCUT2D eigenvalue weighted by molar-refractivity contribution is -0.174. The van der Waals surface area contributed by atoms with Crippen LogP contribution in [-0.4, -0.2) is 48.7 Å². The summed E-state index contributed by atoms with van der Waals surface area (Å²) >= 11 is 0. The molecule has 2 aliphatic carbocycles. The van der Waals surface area contributed by atoms with Gasteiger partial charge in [0, 0.05) is 22.7 Å². The SMILES string of the molecule is Cc1c(F)c(C(NC(=O)C(F)(F)F)C2CC2)c2[nH]ncc2c1-c1cn2cc(NC(=O)C3CC3F)nc2cn1. The first-order valence-electron chi connectivity index (χ1n) is 11.9. The van der Waals surface area contributed by atoms with Crippen molar-refractivity contribution in [3.63, 3.8) is 0 Å². The zero-order valence-corrected chi connectivity index (χ0v) is 19.7. The summed E-state index contributed by atoms with van der Waals surface area (Å²) in [6, 6.07) is -1.19. The van der Waals surface area contributed by atoms with Gasteiger partial charge >= 0.3 is 12.1 Å².